The van der Waals surface area contributed by atoms with Crippen LogP contribution in [0.15, 0.2) is 18.3 Å². The molecule has 0 bridgehead atoms. The van der Waals surface area contributed by atoms with Gasteiger partial charge in [-0.1, -0.05) is 6.07 Å². The van der Waals surface area contributed by atoms with Crippen LogP contribution >= 0.6 is 11.6 Å². The van der Waals surface area contributed by atoms with E-state index >= 15 is 0 Å². The third kappa shape index (κ3) is 4.59. The molecule has 1 aliphatic heterocycles. The van der Waals surface area contributed by atoms with Gasteiger partial charge in [0, 0.05) is 31.7 Å². The molecule has 0 amide bonds. The monoisotopic (exact) mass is 319 g/mol. The number of alkyl halides is 1. The summed E-state index contributed by atoms with van der Waals surface area (Å²) < 4.78 is 30.7. The van der Waals surface area contributed by atoms with Crippen LogP contribution < -0.4 is 9.62 Å². The number of pyridine rings is 1. The normalized spacial score (nSPS) is 16.4. The second-order valence-electron chi connectivity index (χ2n) is 4.45. The zero-order valence-electron chi connectivity index (χ0n) is 11.1. The largest absolute Gasteiger partial charge is 0.378 e. The van der Waals surface area contributed by atoms with Crippen molar-refractivity contribution in [3.63, 3.8) is 0 Å². The molecule has 0 saturated carbocycles. The molecule has 1 fully saturated rings. The van der Waals surface area contributed by atoms with Gasteiger partial charge in [0.05, 0.1) is 19.0 Å². The summed E-state index contributed by atoms with van der Waals surface area (Å²) in [6, 6.07) is 3.78. The first-order valence-electron chi connectivity index (χ1n) is 6.42. The van der Waals surface area contributed by atoms with Crippen LogP contribution in [0.1, 0.15) is 5.56 Å². The Labute approximate surface area is 124 Å². The summed E-state index contributed by atoms with van der Waals surface area (Å²) in [4.78, 5) is 6.50. The van der Waals surface area contributed by atoms with E-state index in [2.05, 4.69) is 14.6 Å². The molecule has 1 saturated heterocycles. The molecule has 1 N–H and O–H groups in total. The Morgan fingerprint density at radius 3 is 2.70 bits per heavy atom. The fourth-order valence-corrected chi connectivity index (χ4v) is 3.21. The summed E-state index contributed by atoms with van der Waals surface area (Å²) in [5.74, 6) is 0.901. The molecule has 8 heteroatoms. The number of anilines is 1. The van der Waals surface area contributed by atoms with Gasteiger partial charge in [-0.3, -0.25) is 0 Å². The Morgan fingerprint density at radius 1 is 1.35 bits per heavy atom. The number of ether oxygens (including phenoxy) is 1. The first-order chi connectivity index (χ1) is 9.61. The Balaban J connectivity index is 1.91. The van der Waals surface area contributed by atoms with E-state index in [4.69, 9.17) is 16.3 Å². The van der Waals surface area contributed by atoms with E-state index in [0.717, 1.165) is 24.5 Å². The highest BCUT2D eigenvalue weighted by atomic mass is 35.5. The predicted octanol–water partition coefficient (Wildman–Crippen LogP) is 0.576. The number of rotatable bonds is 6. The highest BCUT2D eigenvalue weighted by Gasteiger charge is 2.12. The van der Waals surface area contributed by atoms with E-state index in [1.807, 2.05) is 12.1 Å². The second kappa shape index (κ2) is 7.21. The van der Waals surface area contributed by atoms with E-state index in [1.54, 1.807) is 6.20 Å². The summed E-state index contributed by atoms with van der Waals surface area (Å²) in [5, 5.41) is 0. The number of sulfonamides is 1. The molecule has 6 nitrogen and oxygen atoms in total. The molecule has 0 spiro atoms. The summed E-state index contributed by atoms with van der Waals surface area (Å²) in [5.41, 5.74) is 0.820. The van der Waals surface area contributed by atoms with E-state index in [-0.39, 0.29) is 18.2 Å². The number of hydrogen-bond acceptors (Lipinski definition) is 5. The van der Waals surface area contributed by atoms with Crippen molar-refractivity contribution in [2.24, 2.45) is 0 Å². The number of nitrogens with one attached hydrogen (secondary N) is 1. The number of halogens is 1. The van der Waals surface area contributed by atoms with Crippen LogP contribution in [-0.4, -0.2) is 51.3 Å². The van der Waals surface area contributed by atoms with Crippen LogP contribution in [0.4, 0.5) is 5.82 Å². The average Bonchev–Trinajstić information content (AvgIpc) is 2.47. The number of morpholine rings is 1. The summed E-state index contributed by atoms with van der Waals surface area (Å²) in [6.07, 6.45) is 1.69. The lowest BCUT2D eigenvalue weighted by Crippen LogP contribution is -2.36. The highest BCUT2D eigenvalue weighted by Crippen LogP contribution is 2.13. The minimum absolute atomic E-state index is 0.0756. The van der Waals surface area contributed by atoms with Crippen molar-refractivity contribution in [1.82, 2.24) is 9.71 Å². The molecule has 112 valence electrons. The smallest absolute Gasteiger partial charge is 0.213 e. The molecular formula is C12H18ClN3O3S. The van der Waals surface area contributed by atoms with Gasteiger partial charge in [-0.15, -0.1) is 11.6 Å². The zero-order chi connectivity index (χ0) is 14.4. The van der Waals surface area contributed by atoms with Gasteiger partial charge in [0.25, 0.3) is 0 Å². The van der Waals surface area contributed by atoms with E-state index in [9.17, 15) is 8.42 Å². The molecule has 0 atom stereocenters. The number of nitrogens with zero attached hydrogens (tertiary/aromatic N) is 2. The molecule has 20 heavy (non-hydrogen) atoms. The minimum atomic E-state index is -3.30. The van der Waals surface area contributed by atoms with Crippen molar-refractivity contribution in [3.05, 3.63) is 23.9 Å². The van der Waals surface area contributed by atoms with Crippen LogP contribution in [0.25, 0.3) is 0 Å². The lowest BCUT2D eigenvalue weighted by molar-refractivity contribution is 0.122. The molecule has 0 aliphatic carbocycles. The third-order valence-corrected chi connectivity index (χ3v) is 4.73. The molecule has 2 rings (SSSR count). The van der Waals surface area contributed by atoms with Crippen LogP contribution in [0, 0.1) is 0 Å². The van der Waals surface area contributed by atoms with Gasteiger partial charge < -0.3 is 9.64 Å². The molecule has 1 aliphatic rings. The van der Waals surface area contributed by atoms with Crippen molar-refractivity contribution in [3.8, 4) is 0 Å². The SMILES string of the molecule is O=S(=O)(CCCl)NCc1ccc(N2CCOCC2)nc1. The molecule has 0 unspecified atom stereocenters. The van der Waals surface area contributed by atoms with Crippen molar-refractivity contribution in [2.45, 2.75) is 6.54 Å². The molecule has 0 radical (unpaired) electrons. The van der Waals surface area contributed by atoms with Crippen LogP contribution in [0.3, 0.4) is 0 Å². The standard InChI is InChI=1S/C12H18ClN3O3S/c13-3-8-20(17,18)15-10-11-1-2-12(14-9-11)16-4-6-19-7-5-16/h1-2,9,15H,3-8,10H2. The number of hydrogen-bond donors (Lipinski definition) is 1. The molecule has 1 aromatic rings. The fraction of sp³-hybridized carbons (Fsp3) is 0.583. The van der Waals surface area contributed by atoms with Gasteiger partial charge in [-0.25, -0.2) is 18.1 Å². The Kier molecular flexibility index (Phi) is 5.59. The van der Waals surface area contributed by atoms with Crippen molar-refractivity contribution >= 4 is 27.4 Å². The van der Waals surface area contributed by atoms with E-state index in [0.29, 0.717) is 13.2 Å². The van der Waals surface area contributed by atoms with Gasteiger partial charge in [0.15, 0.2) is 0 Å². The van der Waals surface area contributed by atoms with Crippen molar-refractivity contribution in [2.75, 3.05) is 42.8 Å². The minimum Gasteiger partial charge on any atom is -0.378 e. The zero-order valence-corrected chi connectivity index (χ0v) is 12.7. The van der Waals surface area contributed by atoms with Crippen molar-refractivity contribution < 1.29 is 13.2 Å². The Morgan fingerprint density at radius 2 is 2.10 bits per heavy atom. The Hall–Kier alpha value is -0.890. The summed E-state index contributed by atoms with van der Waals surface area (Å²) >= 11 is 5.43. The third-order valence-electron chi connectivity index (χ3n) is 2.99. The maximum atomic E-state index is 11.5. The molecule has 1 aromatic heterocycles. The fourth-order valence-electron chi connectivity index (χ4n) is 1.87. The average molecular weight is 320 g/mol. The summed E-state index contributed by atoms with van der Waals surface area (Å²) in [6.45, 7) is 3.31. The van der Waals surface area contributed by atoms with Gasteiger partial charge in [-0.2, -0.15) is 0 Å². The van der Waals surface area contributed by atoms with E-state index in [1.165, 1.54) is 0 Å². The van der Waals surface area contributed by atoms with Gasteiger partial charge >= 0.3 is 0 Å². The van der Waals surface area contributed by atoms with Crippen LogP contribution in [0.5, 0.6) is 0 Å². The number of aromatic nitrogens is 1. The molecule has 2 heterocycles. The topological polar surface area (TPSA) is 71.5 Å². The van der Waals surface area contributed by atoms with Crippen molar-refractivity contribution in [1.29, 1.82) is 0 Å². The van der Waals surface area contributed by atoms with E-state index < -0.39 is 10.0 Å². The first kappa shape index (κ1) is 15.5. The van der Waals surface area contributed by atoms with Gasteiger partial charge in [0.1, 0.15) is 5.82 Å². The van der Waals surface area contributed by atoms with Gasteiger partial charge in [-0.05, 0) is 11.6 Å². The Bertz CT molecular complexity index is 515. The molecule has 0 aromatic carbocycles. The van der Waals surface area contributed by atoms with Gasteiger partial charge in [0.2, 0.25) is 10.0 Å². The summed E-state index contributed by atoms with van der Waals surface area (Å²) in [7, 11) is -3.30. The second-order valence-corrected chi connectivity index (χ2v) is 6.76. The lowest BCUT2D eigenvalue weighted by Gasteiger charge is -2.27. The highest BCUT2D eigenvalue weighted by molar-refractivity contribution is 7.89. The van der Waals surface area contributed by atoms with Crippen LogP contribution in [0.2, 0.25) is 0 Å². The maximum Gasteiger partial charge on any atom is 0.213 e. The van der Waals surface area contributed by atoms with Crippen LogP contribution in [-0.2, 0) is 21.3 Å². The first-order valence-corrected chi connectivity index (χ1v) is 8.60. The predicted molar refractivity (Wildman–Crippen MR) is 78.6 cm³/mol. The quantitative estimate of drug-likeness (QED) is 0.777. The lowest BCUT2D eigenvalue weighted by atomic mass is 10.3. The maximum absolute atomic E-state index is 11.5. The molecular weight excluding hydrogens is 302 g/mol.